The van der Waals surface area contributed by atoms with Crippen LogP contribution < -0.4 is 0 Å². The summed E-state index contributed by atoms with van der Waals surface area (Å²) in [4.78, 5) is 19.9. The molecule has 2 aliphatic carbocycles. The third kappa shape index (κ3) is 5.05. The standard InChI is InChI=1S/C48H36N4/c1-3-14-33(15-4-1)45-50-46(36-23-22-32-13-5-6-16-34(32)29-36)52-47(51-45)40-19-8-7-18-38(40)39-20-11-21-42-44(39)41-25-24-35(37-17-12-28-49-31-37)30-43(41)48(42)26-9-2-10-27-48/h1,3-8,11-25,28-31H,2,9-10,26-27H2. The van der Waals surface area contributed by atoms with Crippen LogP contribution in [-0.4, -0.2) is 19.9 Å². The molecule has 4 nitrogen and oxygen atoms in total. The maximum absolute atomic E-state index is 5.23. The topological polar surface area (TPSA) is 51.6 Å². The van der Waals surface area contributed by atoms with E-state index in [-0.39, 0.29) is 5.41 Å². The highest BCUT2D eigenvalue weighted by molar-refractivity contribution is 5.97. The molecule has 2 heterocycles. The van der Waals surface area contributed by atoms with Crippen molar-refractivity contribution in [3.05, 3.63) is 169 Å². The van der Waals surface area contributed by atoms with Gasteiger partial charge >= 0.3 is 0 Å². The van der Waals surface area contributed by atoms with E-state index in [0.717, 1.165) is 46.0 Å². The fourth-order valence-corrected chi connectivity index (χ4v) is 8.76. The highest BCUT2D eigenvalue weighted by Crippen LogP contribution is 2.58. The molecule has 6 aromatic carbocycles. The van der Waals surface area contributed by atoms with Crippen LogP contribution in [0.2, 0.25) is 0 Å². The molecular weight excluding hydrogens is 633 g/mol. The van der Waals surface area contributed by atoms with Gasteiger partial charge in [-0.15, -0.1) is 0 Å². The third-order valence-electron chi connectivity index (χ3n) is 11.2. The van der Waals surface area contributed by atoms with Crippen molar-refractivity contribution in [2.45, 2.75) is 37.5 Å². The van der Waals surface area contributed by atoms with E-state index in [1.807, 2.05) is 36.7 Å². The molecule has 1 saturated carbocycles. The summed E-state index contributed by atoms with van der Waals surface area (Å²) in [6.45, 7) is 0. The van der Waals surface area contributed by atoms with Gasteiger partial charge in [-0.25, -0.2) is 15.0 Å². The molecule has 0 atom stereocenters. The van der Waals surface area contributed by atoms with Gasteiger partial charge in [0, 0.05) is 34.5 Å². The molecule has 2 aromatic heterocycles. The zero-order valence-corrected chi connectivity index (χ0v) is 28.8. The summed E-state index contributed by atoms with van der Waals surface area (Å²) < 4.78 is 0. The van der Waals surface area contributed by atoms with Gasteiger partial charge in [0.25, 0.3) is 0 Å². The number of benzene rings is 6. The van der Waals surface area contributed by atoms with Gasteiger partial charge in [-0.3, -0.25) is 4.98 Å². The van der Waals surface area contributed by atoms with E-state index >= 15 is 0 Å². The molecule has 0 N–H and O–H groups in total. The Morgan fingerprint density at radius 1 is 0.404 bits per heavy atom. The second-order valence-electron chi connectivity index (χ2n) is 14.2. The van der Waals surface area contributed by atoms with E-state index in [0.29, 0.717) is 17.5 Å². The van der Waals surface area contributed by atoms with Crippen molar-refractivity contribution in [3.8, 4) is 67.5 Å². The molecule has 0 bridgehead atoms. The van der Waals surface area contributed by atoms with Gasteiger partial charge in [0.2, 0.25) is 0 Å². The van der Waals surface area contributed by atoms with E-state index < -0.39 is 0 Å². The number of pyridine rings is 1. The van der Waals surface area contributed by atoms with Crippen molar-refractivity contribution in [1.82, 2.24) is 19.9 Å². The minimum Gasteiger partial charge on any atom is -0.264 e. The van der Waals surface area contributed by atoms with Gasteiger partial charge in [0.15, 0.2) is 17.5 Å². The lowest BCUT2D eigenvalue weighted by Crippen LogP contribution is -2.28. The van der Waals surface area contributed by atoms with Crippen LogP contribution in [0.15, 0.2) is 158 Å². The van der Waals surface area contributed by atoms with Gasteiger partial charge in [-0.2, -0.15) is 0 Å². The zero-order valence-electron chi connectivity index (χ0n) is 28.8. The molecule has 248 valence electrons. The Bertz CT molecular complexity index is 2610. The van der Waals surface area contributed by atoms with Gasteiger partial charge in [0.05, 0.1) is 0 Å². The molecule has 4 heteroatoms. The van der Waals surface area contributed by atoms with E-state index in [2.05, 4.69) is 126 Å². The summed E-state index contributed by atoms with van der Waals surface area (Å²) in [7, 11) is 0. The molecule has 0 saturated heterocycles. The first-order valence-corrected chi connectivity index (χ1v) is 18.3. The Labute approximate surface area is 304 Å². The van der Waals surface area contributed by atoms with Crippen LogP contribution in [0.1, 0.15) is 43.2 Å². The fourth-order valence-electron chi connectivity index (χ4n) is 8.76. The number of rotatable bonds is 5. The molecule has 52 heavy (non-hydrogen) atoms. The normalized spacial score (nSPS) is 14.3. The van der Waals surface area contributed by atoms with Gasteiger partial charge in [-0.05, 0) is 86.3 Å². The van der Waals surface area contributed by atoms with E-state index in [4.69, 9.17) is 15.0 Å². The summed E-state index contributed by atoms with van der Waals surface area (Å²) in [5.74, 6) is 2.00. The summed E-state index contributed by atoms with van der Waals surface area (Å²) >= 11 is 0. The van der Waals surface area contributed by atoms with Crippen LogP contribution in [0.5, 0.6) is 0 Å². The smallest absolute Gasteiger partial charge is 0.164 e. The summed E-state index contributed by atoms with van der Waals surface area (Å²) in [6, 6.07) is 52.0. The Kier molecular flexibility index (Phi) is 7.35. The monoisotopic (exact) mass is 668 g/mol. The van der Waals surface area contributed by atoms with E-state index in [9.17, 15) is 0 Å². The quantitative estimate of drug-likeness (QED) is 0.183. The van der Waals surface area contributed by atoms with Crippen molar-refractivity contribution >= 4 is 10.8 Å². The number of aromatic nitrogens is 4. The van der Waals surface area contributed by atoms with Crippen molar-refractivity contribution in [3.63, 3.8) is 0 Å². The van der Waals surface area contributed by atoms with Gasteiger partial charge < -0.3 is 0 Å². The summed E-state index contributed by atoms with van der Waals surface area (Å²) in [5.41, 5.74) is 13.3. The Balaban J connectivity index is 1.18. The van der Waals surface area contributed by atoms with Crippen molar-refractivity contribution in [2.75, 3.05) is 0 Å². The van der Waals surface area contributed by atoms with Gasteiger partial charge in [-0.1, -0.05) is 147 Å². The average molecular weight is 669 g/mol. The first-order chi connectivity index (χ1) is 25.7. The van der Waals surface area contributed by atoms with Crippen LogP contribution in [0, 0.1) is 0 Å². The molecule has 0 aliphatic heterocycles. The number of fused-ring (bicyclic) bond motifs is 6. The largest absolute Gasteiger partial charge is 0.264 e. The average Bonchev–Trinajstić information content (AvgIpc) is 3.49. The van der Waals surface area contributed by atoms with E-state index in [1.54, 1.807) is 0 Å². The first kappa shape index (κ1) is 30.6. The number of hydrogen-bond donors (Lipinski definition) is 0. The molecule has 0 amide bonds. The Morgan fingerprint density at radius 2 is 1.10 bits per heavy atom. The maximum Gasteiger partial charge on any atom is 0.164 e. The molecule has 0 radical (unpaired) electrons. The van der Waals surface area contributed by atoms with Gasteiger partial charge in [0.1, 0.15) is 0 Å². The first-order valence-electron chi connectivity index (χ1n) is 18.3. The summed E-state index contributed by atoms with van der Waals surface area (Å²) in [5, 5.41) is 2.35. The third-order valence-corrected chi connectivity index (χ3v) is 11.2. The predicted octanol–water partition coefficient (Wildman–Crippen LogP) is 12.0. The lowest BCUT2D eigenvalue weighted by Gasteiger charge is -2.36. The number of hydrogen-bond acceptors (Lipinski definition) is 4. The zero-order chi connectivity index (χ0) is 34.5. The molecule has 1 fully saturated rings. The second kappa shape index (κ2) is 12.5. The van der Waals surface area contributed by atoms with E-state index in [1.165, 1.54) is 58.0 Å². The van der Waals surface area contributed by atoms with Crippen molar-refractivity contribution < 1.29 is 0 Å². The van der Waals surface area contributed by atoms with Crippen LogP contribution in [0.25, 0.3) is 78.3 Å². The fraction of sp³-hybridized carbons (Fsp3) is 0.125. The van der Waals surface area contributed by atoms with Crippen LogP contribution in [0.4, 0.5) is 0 Å². The summed E-state index contributed by atoms with van der Waals surface area (Å²) in [6.07, 6.45) is 9.92. The highest BCUT2D eigenvalue weighted by atomic mass is 15.0. The molecule has 8 aromatic rings. The molecular formula is C48H36N4. The predicted molar refractivity (Wildman–Crippen MR) is 212 cm³/mol. The van der Waals surface area contributed by atoms with Crippen LogP contribution >= 0.6 is 0 Å². The molecule has 0 unspecified atom stereocenters. The van der Waals surface area contributed by atoms with Crippen molar-refractivity contribution in [1.29, 1.82) is 0 Å². The Hall–Kier alpha value is -6.26. The van der Waals surface area contributed by atoms with Crippen LogP contribution in [0.3, 0.4) is 0 Å². The lowest BCUT2D eigenvalue weighted by molar-refractivity contribution is 0.353. The Morgan fingerprint density at radius 3 is 1.92 bits per heavy atom. The SMILES string of the molecule is c1ccc(-c2nc(-c3ccc4ccccc4c3)nc(-c3ccccc3-c3cccc4c3-c3ccc(-c5cccnc5)cc3C43CCCCC3)n2)cc1. The minimum atomic E-state index is 0.00296. The lowest BCUT2D eigenvalue weighted by atomic mass is 9.67. The van der Waals surface area contributed by atoms with Crippen LogP contribution in [-0.2, 0) is 5.41 Å². The highest BCUT2D eigenvalue weighted by Gasteiger charge is 2.45. The molecule has 2 aliphatic rings. The number of nitrogens with zero attached hydrogens (tertiary/aromatic N) is 4. The molecule has 10 rings (SSSR count). The second-order valence-corrected chi connectivity index (χ2v) is 14.2. The van der Waals surface area contributed by atoms with Crippen molar-refractivity contribution in [2.24, 2.45) is 0 Å². The maximum atomic E-state index is 5.23. The molecule has 1 spiro atoms. The minimum absolute atomic E-state index is 0.00296.